The van der Waals surface area contributed by atoms with Gasteiger partial charge in [0.2, 0.25) is 5.91 Å². The Bertz CT molecular complexity index is 474. The van der Waals surface area contributed by atoms with E-state index < -0.39 is 0 Å². The average molecular weight is 360 g/mol. The second-order valence-electron chi connectivity index (χ2n) is 6.25. The molecule has 1 aliphatic carbocycles. The number of nitrogens with one attached hydrogen (secondary N) is 1. The Labute approximate surface area is 151 Å². The van der Waals surface area contributed by atoms with Crippen LogP contribution in [0.4, 0.5) is 0 Å². The predicted octanol–water partition coefficient (Wildman–Crippen LogP) is 2.31. The van der Waals surface area contributed by atoms with Gasteiger partial charge in [0.15, 0.2) is 0 Å². The van der Waals surface area contributed by atoms with Crippen molar-refractivity contribution in [1.29, 1.82) is 0 Å². The molecule has 0 aromatic heterocycles. The number of rotatable bonds is 5. The van der Waals surface area contributed by atoms with E-state index in [1.165, 1.54) is 18.4 Å². The van der Waals surface area contributed by atoms with E-state index >= 15 is 0 Å². The molecule has 0 bridgehead atoms. The first-order chi connectivity index (χ1) is 10.2. The second-order valence-corrected chi connectivity index (χ2v) is 6.25. The number of amides is 1. The van der Waals surface area contributed by atoms with Crippen molar-refractivity contribution in [2.75, 3.05) is 26.2 Å². The second kappa shape index (κ2) is 9.48. The molecule has 3 rings (SSSR count). The van der Waals surface area contributed by atoms with Crippen LogP contribution in [0, 0.1) is 0 Å². The third kappa shape index (κ3) is 5.96. The van der Waals surface area contributed by atoms with Gasteiger partial charge < -0.3 is 10.2 Å². The van der Waals surface area contributed by atoms with Crippen LogP contribution < -0.4 is 5.32 Å². The fourth-order valence-electron chi connectivity index (χ4n) is 2.92. The number of piperazine rings is 1. The summed E-state index contributed by atoms with van der Waals surface area (Å²) in [5, 5.41) is 3.40. The number of benzene rings is 1. The van der Waals surface area contributed by atoms with Gasteiger partial charge in [-0.05, 0) is 25.3 Å². The van der Waals surface area contributed by atoms with E-state index in [-0.39, 0.29) is 36.8 Å². The summed E-state index contributed by atoms with van der Waals surface area (Å²) in [5.41, 5.74) is 1.35. The highest BCUT2D eigenvalue weighted by atomic mass is 35.5. The van der Waals surface area contributed by atoms with Crippen molar-refractivity contribution in [2.45, 2.75) is 38.4 Å². The standard InChI is InChI=1S/C17H25N3O.2ClH/c1-14(18-16-7-8-16)17(21)20-11-9-19(10-12-20)13-15-5-3-2-4-6-15;;/h2-6,14,16,18H,7-13H2,1H3;2*1H. The summed E-state index contributed by atoms with van der Waals surface area (Å²) in [5.74, 6) is 0.265. The van der Waals surface area contributed by atoms with Gasteiger partial charge in [-0.25, -0.2) is 0 Å². The highest BCUT2D eigenvalue weighted by Gasteiger charge is 2.29. The molecule has 1 heterocycles. The lowest BCUT2D eigenvalue weighted by Gasteiger charge is -2.36. The summed E-state index contributed by atoms with van der Waals surface area (Å²) >= 11 is 0. The normalized spacial score (nSPS) is 19.4. The molecule has 1 atom stereocenters. The molecule has 2 aliphatic rings. The van der Waals surface area contributed by atoms with E-state index in [1.807, 2.05) is 17.9 Å². The van der Waals surface area contributed by atoms with Crippen LogP contribution in [0.3, 0.4) is 0 Å². The molecule has 1 saturated heterocycles. The van der Waals surface area contributed by atoms with Crippen molar-refractivity contribution < 1.29 is 4.79 Å². The quantitative estimate of drug-likeness (QED) is 0.876. The lowest BCUT2D eigenvalue weighted by molar-refractivity contribution is -0.134. The highest BCUT2D eigenvalue weighted by molar-refractivity contribution is 5.85. The zero-order chi connectivity index (χ0) is 14.7. The molecule has 2 fully saturated rings. The summed E-state index contributed by atoms with van der Waals surface area (Å²) < 4.78 is 0. The summed E-state index contributed by atoms with van der Waals surface area (Å²) in [6.07, 6.45) is 2.45. The molecule has 0 spiro atoms. The van der Waals surface area contributed by atoms with E-state index in [1.54, 1.807) is 0 Å². The van der Waals surface area contributed by atoms with Gasteiger partial charge in [0.05, 0.1) is 6.04 Å². The molecule has 4 nitrogen and oxygen atoms in total. The number of carbonyl (C=O) groups is 1. The van der Waals surface area contributed by atoms with Gasteiger partial charge >= 0.3 is 0 Å². The average Bonchev–Trinajstić information content (AvgIpc) is 3.32. The summed E-state index contributed by atoms with van der Waals surface area (Å²) in [7, 11) is 0. The van der Waals surface area contributed by atoms with Gasteiger partial charge in [0.1, 0.15) is 0 Å². The fourth-order valence-corrected chi connectivity index (χ4v) is 2.92. The first-order valence-electron chi connectivity index (χ1n) is 8.03. The molecular formula is C17H27Cl2N3O. The Kier molecular flexibility index (Phi) is 8.34. The zero-order valence-electron chi connectivity index (χ0n) is 13.6. The smallest absolute Gasteiger partial charge is 0.239 e. The number of hydrogen-bond donors (Lipinski definition) is 1. The Morgan fingerprint density at radius 3 is 2.30 bits per heavy atom. The molecule has 1 N–H and O–H groups in total. The summed E-state index contributed by atoms with van der Waals surface area (Å²) in [4.78, 5) is 16.8. The minimum atomic E-state index is -0.0295. The van der Waals surface area contributed by atoms with Crippen molar-refractivity contribution in [3.05, 3.63) is 35.9 Å². The van der Waals surface area contributed by atoms with E-state index in [4.69, 9.17) is 0 Å². The lowest BCUT2D eigenvalue weighted by Crippen LogP contribution is -2.53. The Balaban J connectivity index is 0.00000132. The van der Waals surface area contributed by atoms with Gasteiger partial charge in [0, 0.05) is 38.8 Å². The molecule has 1 aromatic rings. The van der Waals surface area contributed by atoms with Crippen LogP contribution >= 0.6 is 24.8 Å². The maximum absolute atomic E-state index is 12.4. The number of nitrogens with zero attached hydrogens (tertiary/aromatic N) is 2. The van der Waals surface area contributed by atoms with Crippen LogP contribution in [0.25, 0.3) is 0 Å². The van der Waals surface area contributed by atoms with Crippen LogP contribution in [0.1, 0.15) is 25.3 Å². The monoisotopic (exact) mass is 359 g/mol. The summed E-state index contributed by atoms with van der Waals surface area (Å²) in [6, 6.07) is 11.1. The molecule has 1 aromatic carbocycles. The Morgan fingerprint density at radius 1 is 1.13 bits per heavy atom. The number of hydrogen-bond acceptors (Lipinski definition) is 3. The molecule has 1 saturated carbocycles. The molecule has 23 heavy (non-hydrogen) atoms. The van der Waals surface area contributed by atoms with Crippen LogP contribution in [0.5, 0.6) is 0 Å². The molecular weight excluding hydrogens is 333 g/mol. The van der Waals surface area contributed by atoms with E-state index in [9.17, 15) is 4.79 Å². The minimum absolute atomic E-state index is 0. The predicted molar refractivity (Wildman–Crippen MR) is 98.4 cm³/mol. The maximum atomic E-state index is 12.4. The Morgan fingerprint density at radius 2 is 1.74 bits per heavy atom. The molecule has 1 unspecified atom stereocenters. The third-order valence-electron chi connectivity index (χ3n) is 4.37. The SMILES string of the molecule is CC(NC1CC1)C(=O)N1CCN(Cc2ccccc2)CC1.Cl.Cl. The molecule has 1 amide bonds. The van der Waals surface area contributed by atoms with Gasteiger partial charge in [-0.2, -0.15) is 0 Å². The molecule has 130 valence electrons. The third-order valence-corrected chi connectivity index (χ3v) is 4.37. The van der Waals surface area contributed by atoms with Crippen LogP contribution in [0.2, 0.25) is 0 Å². The van der Waals surface area contributed by atoms with Crippen LogP contribution in [-0.2, 0) is 11.3 Å². The van der Waals surface area contributed by atoms with Crippen molar-refractivity contribution in [3.8, 4) is 0 Å². The first kappa shape index (κ1) is 20.2. The largest absolute Gasteiger partial charge is 0.339 e. The molecule has 6 heteroatoms. The van der Waals surface area contributed by atoms with Gasteiger partial charge in [-0.3, -0.25) is 9.69 Å². The first-order valence-corrected chi connectivity index (χ1v) is 8.03. The number of carbonyl (C=O) groups excluding carboxylic acids is 1. The lowest BCUT2D eigenvalue weighted by atomic mass is 10.2. The van der Waals surface area contributed by atoms with Gasteiger partial charge in [-0.15, -0.1) is 24.8 Å². The molecule has 0 radical (unpaired) electrons. The van der Waals surface area contributed by atoms with E-state index in [0.717, 1.165) is 32.7 Å². The number of halogens is 2. The van der Waals surface area contributed by atoms with Gasteiger partial charge in [0.25, 0.3) is 0 Å². The van der Waals surface area contributed by atoms with E-state index in [0.29, 0.717) is 6.04 Å². The Hall–Kier alpha value is -0.810. The van der Waals surface area contributed by atoms with Crippen LogP contribution in [0.15, 0.2) is 30.3 Å². The highest BCUT2D eigenvalue weighted by Crippen LogP contribution is 2.20. The zero-order valence-corrected chi connectivity index (χ0v) is 15.2. The van der Waals surface area contributed by atoms with Crippen molar-refractivity contribution >= 4 is 30.7 Å². The van der Waals surface area contributed by atoms with Crippen molar-refractivity contribution in [3.63, 3.8) is 0 Å². The molecule has 1 aliphatic heterocycles. The fraction of sp³-hybridized carbons (Fsp3) is 0.588. The topological polar surface area (TPSA) is 35.6 Å². The van der Waals surface area contributed by atoms with Crippen LogP contribution in [-0.4, -0.2) is 54.0 Å². The minimum Gasteiger partial charge on any atom is -0.339 e. The maximum Gasteiger partial charge on any atom is 0.239 e. The van der Waals surface area contributed by atoms with Crippen molar-refractivity contribution in [2.24, 2.45) is 0 Å². The van der Waals surface area contributed by atoms with Crippen molar-refractivity contribution in [1.82, 2.24) is 15.1 Å². The van der Waals surface area contributed by atoms with E-state index in [2.05, 4.69) is 34.5 Å². The summed E-state index contributed by atoms with van der Waals surface area (Å²) in [6.45, 7) is 6.62. The van der Waals surface area contributed by atoms with Gasteiger partial charge in [-0.1, -0.05) is 30.3 Å².